The monoisotopic (exact) mass is 265 g/mol. The van der Waals surface area contributed by atoms with Crippen molar-refractivity contribution in [3.05, 3.63) is 54.3 Å². The summed E-state index contributed by atoms with van der Waals surface area (Å²) < 4.78 is 0. The zero-order valence-electron chi connectivity index (χ0n) is 11.1. The van der Waals surface area contributed by atoms with Gasteiger partial charge < -0.3 is 10.6 Å². The normalized spacial score (nSPS) is 12.8. The van der Waals surface area contributed by atoms with E-state index in [1.54, 1.807) is 24.7 Å². The molecule has 0 spiro atoms. The van der Waals surface area contributed by atoms with Crippen molar-refractivity contribution in [3.63, 3.8) is 0 Å². The Morgan fingerprint density at radius 3 is 2.85 bits per heavy atom. The van der Waals surface area contributed by atoms with Gasteiger partial charge in [0, 0.05) is 24.2 Å². The Bertz CT molecular complexity index is 678. The van der Waals surface area contributed by atoms with Gasteiger partial charge in [0.05, 0.1) is 23.3 Å². The molecule has 1 aliphatic rings. The van der Waals surface area contributed by atoms with Gasteiger partial charge in [0.15, 0.2) is 0 Å². The molecule has 0 fully saturated rings. The molecule has 0 bridgehead atoms. The average Bonchev–Trinajstić information content (AvgIpc) is 2.96. The third-order valence-electron chi connectivity index (χ3n) is 3.25. The highest BCUT2D eigenvalue weighted by molar-refractivity contribution is 5.68. The Morgan fingerprint density at radius 2 is 2.05 bits per heavy atom. The van der Waals surface area contributed by atoms with Crippen LogP contribution in [0.1, 0.15) is 22.5 Å². The van der Waals surface area contributed by atoms with Gasteiger partial charge in [-0.3, -0.25) is 4.98 Å². The first-order chi connectivity index (χ1) is 9.81. The summed E-state index contributed by atoms with van der Waals surface area (Å²) in [6.07, 6.45) is 6.82. The maximum absolute atomic E-state index is 4.35. The van der Waals surface area contributed by atoms with Crippen LogP contribution in [0.5, 0.6) is 0 Å². The van der Waals surface area contributed by atoms with E-state index in [2.05, 4.69) is 38.7 Å². The van der Waals surface area contributed by atoms with Gasteiger partial charge in [-0.15, -0.1) is 0 Å². The fraction of sp³-hybridized carbons (Fsp3) is 0.133. The van der Waals surface area contributed by atoms with Crippen LogP contribution in [0.25, 0.3) is 12.2 Å². The van der Waals surface area contributed by atoms with Crippen LogP contribution in [0.2, 0.25) is 0 Å². The molecule has 0 unspecified atom stereocenters. The minimum Gasteiger partial charge on any atom is -0.339 e. The van der Waals surface area contributed by atoms with Crippen LogP contribution in [0.4, 0.5) is 11.5 Å². The van der Waals surface area contributed by atoms with Gasteiger partial charge in [-0.1, -0.05) is 19.2 Å². The second kappa shape index (κ2) is 5.22. The van der Waals surface area contributed by atoms with Gasteiger partial charge in [-0.05, 0) is 12.1 Å². The van der Waals surface area contributed by atoms with E-state index in [-0.39, 0.29) is 0 Å². The van der Waals surface area contributed by atoms with Crippen molar-refractivity contribution in [3.8, 4) is 0 Å². The number of nitrogens with zero attached hydrogens (tertiary/aromatic N) is 3. The summed E-state index contributed by atoms with van der Waals surface area (Å²) in [5, 5.41) is 6.56. The number of hydrogen-bond acceptors (Lipinski definition) is 5. The van der Waals surface area contributed by atoms with E-state index in [4.69, 9.17) is 0 Å². The fourth-order valence-electron chi connectivity index (χ4n) is 2.23. The van der Waals surface area contributed by atoms with Gasteiger partial charge in [0.2, 0.25) is 0 Å². The molecule has 0 saturated carbocycles. The van der Waals surface area contributed by atoms with Crippen molar-refractivity contribution in [2.75, 3.05) is 5.32 Å². The summed E-state index contributed by atoms with van der Waals surface area (Å²) >= 11 is 0. The molecule has 5 nitrogen and oxygen atoms in total. The molecule has 3 rings (SSSR count). The molecule has 2 aromatic heterocycles. The topological polar surface area (TPSA) is 62.7 Å². The third-order valence-corrected chi connectivity index (χ3v) is 3.25. The Morgan fingerprint density at radius 1 is 1.15 bits per heavy atom. The first-order valence-corrected chi connectivity index (χ1v) is 6.37. The number of nitrogens with one attached hydrogen (secondary N) is 2. The summed E-state index contributed by atoms with van der Waals surface area (Å²) in [5.41, 5.74) is 4.79. The number of pyridine rings is 1. The van der Waals surface area contributed by atoms with Crippen molar-refractivity contribution in [2.45, 2.75) is 13.1 Å². The van der Waals surface area contributed by atoms with E-state index in [9.17, 15) is 0 Å². The minimum atomic E-state index is 0.783. The lowest BCUT2D eigenvalue weighted by Gasteiger charge is -2.10. The van der Waals surface area contributed by atoms with Crippen LogP contribution in [-0.4, -0.2) is 15.0 Å². The minimum absolute atomic E-state index is 0.783. The molecular weight excluding hydrogens is 250 g/mol. The van der Waals surface area contributed by atoms with Crippen LogP contribution in [0.15, 0.2) is 31.7 Å². The number of aromatic nitrogens is 3. The second-order valence-corrected chi connectivity index (χ2v) is 4.48. The molecule has 0 atom stereocenters. The molecule has 3 heterocycles. The van der Waals surface area contributed by atoms with Crippen molar-refractivity contribution in [1.29, 1.82) is 0 Å². The van der Waals surface area contributed by atoms with E-state index < -0.39 is 0 Å². The van der Waals surface area contributed by atoms with Gasteiger partial charge in [0.1, 0.15) is 12.1 Å². The van der Waals surface area contributed by atoms with Crippen molar-refractivity contribution in [1.82, 2.24) is 20.3 Å². The molecule has 1 aliphatic heterocycles. The Labute approximate surface area is 117 Å². The molecule has 2 N–H and O–H groups in total. The number of hydrogen-bond donors (Lipinski definition) is 2. The predicted octanol–water partition coefficient (Wildman–Crippen LogP) is 2.50. The smallest absolute Gasteiger partial charge is 0.138 e. The van der Waals surface area contributed by atoms with Crippen LogP contribution < -0.4 is 10.6 Å². The Hall–Kier alpha value is -2.53. The highest BCUT2D eigenvalue weighted by atomic mass is 15.1. The average molecular weight is 265 g/mol. The molecule has 0 aromatic carbocycles. The fourth-order valence-corrected chi connectivity index (χ4v) is 2.23. The molecule has 5 heteroatoms. The summed E-state index contributed by atoms with van der Waals surface area (Å²) in [4.78, 5) is 12.9. The molecule has 2 aromatic rings. The first kappa shape index (κ1) is 12.5. The van der Waals surface area contributed by atoms with Gasteiger partial charge >= 0.3 is 0 Å². The lowest BCUT2D eigenvalue weighted by atomic mass is 10.1. The van der Waals surface area contributed by atoms with E-state index in [0.717, 1.165) is 47.1 Å². The quantitative estimate of drug-likeness (QED) is 0.889. The van der Waals surface area contributed by atoms with Crippen LogP contribution >= 0.6 is 0 Å². The Balaban J connectivity index is 1.94. The molecule has 100 valence electrons. The lowest BCUT2D eigenvalue weighted by molar-refractivity contribution is 0.758. The summed E-state index contributed by atoms with van der Waals surface area (Å²) in [5.74, 6) is 0.822. The van der Waals surface area contributed by atoms with Crippen LogP contribution in [-0.2, 0) is 13.1 Å². The summed E-state index contributed by atoms with van der Waals surface area (Å²) in [6.45, 7) is 9.11. The second-order valence-electron chi connectivity index (χ2n) is 4.48. The van der Waals surface area contributed by atoms with Crippen molar-refractivity contribution >= 4 is 23.7 Å². The lowest BCUT2D eigenvalue weighted by Crippen LogP contribution is -2.03. The zero-order chi connectivity index (χ0) is 13.9. The van der Waals surface area contributed by atoms with Crippen LogP contribution in [0, 0.1) is 0 Å². The molecule has 0 aliphatic carbocycles. The SMILES string of the molecule is C=Cc1cc(Nc2ncnc3c2CNC3)cnc1C=C. The summed E-state index contributed by atoms with van der Waals surface area (Å²) in [7, 11) is 0. The highest BCUT2D eigenvalue weighted by Gasteiger charge is 2.16. The molecule has 0 amide bonds. The molecule has 0 saturated heterocycles. The maximum atomic E-state index is 4.35. The first-order valence-electron chi connectivity index (χ1n) is 6.37. The molecular formula is C15H15N5. The van der Waals surface area contributed by atoms with Gasteiger partial charge in [-0.25, -0.2) is 9.97 Å². The predicted molar refractivity (Wildman–Crippen MR) is 80.3 cm³/mol. The van der Waals surface area contributed by atoms with Crippen molar-refractivity contribution < 1.29 is 0 Å². The molecule has 0 radical (unpaired) electrons. The standard InChI is InChI=1S/C15H15N5/c1-3-10-5-11(6-17-13(10)4-2)20-15-12-7-16-8-14(12)18-9-19-15/h3-6,9,16H,1-2,7-8H2,(H,18,19,20). The van der Waals surface area contributed by atoms with Crippen molar-refractivity contribution in [2.24, 2.45) is 0 Å². The number of anilines is 2. The van der Waals surface area contributed by atoms with Gasteiger partial charge in [-0.2, -0.15) is 0 Å². The molecule has 20 heavy (non-hydrogen) atoms. The highest BCUT2D eigenvalue weighted by Crippen LogP contribution is 2.24. The number of rotatable bonds is 4. The third kappa shape index (κ3) is 2.19. The number of fused-ring (bicyclic) bond motifs is 1. The van der Waals surface area contributed by atoms with Crippen LogP contribution in [0.3, 0.4) is 0 Å². The van der Waals surface area contributed by atoms with E-state index in [1.165, 1.54) is 0 Å². The summed E-state index contributed by atoms with van der Waals surface area (Å²) in [6, 6.07) is 1.98. The van der Waals surface area contributed by atoms with E-state index in [1.807, 2.05) is 6.07 Å². The largest absolute Gasteiger partial charge is 0.339 e. The van der Waals surface area contributed by atoms with E-state index in [0.29, 0.717) is 0 Å². The zero-order valence-corrected chi connectivity index (χ0v) is 11.1. The van der Waals surface area contributed by atoms with E-state index >= 15 is 0 Å². The maximum Gasteiger partial charge on any atom is 0.138 e. The van der Waals surface area contributed by atoms with Gasteiger partial charge in [0.25, 0.3) is 0 Å². The Kier molecular flexibility index (Phi) is 3.26.